The molecule has 0 saturated carbocycles. The monoisotopic (exact) mass is 355 g/mol. The molecule has 3 rings (SSSR count). The van der Waals surface area contributed by atoms with Gasteiger partial charge in [-0.3, -0.25) is 5.32 Å². The Hall–Kier alpha value is -2.21. The highest BCUT2D eigenvalue weighted by atomic mass is 35.5. The van der Waals surface area contributed by atoms with Crippen molar-refractivity contribution in [2.24, 2.45) is 0 Å². The zero-order valence-electron chi connectivity index (χ0n) is 12.8. The molecule has 3 nitrogen and oxygen atoms in total. The molecular formula is C17H13ClF3NO2. The second-order valence-electron chi connectivity index (χ2n) is 5.95. The van der Waals surface area contributed by atoms with Gasteiger partial charge >= 0.3 is 12.3 Å². The summed E-state index contributed by atoms with van der Waals surface area (Å²) < 4.78 is 44.0. The zero-order chi connectivity index (χ0) is 17.7. The van der Waals surface area contributed by atoms with Crippen LogP contribution in [0.3, 0.4) is 0 Å². The van der Waals surface area contributed by atoms with Crippen molar-refractivity contribution in [1.82, 2.24) is 0 Å². The number of carbonyl (C=O) groups excluding carboxylic acids is 1. The molecule has 1 N–H and O–H groups in total. The lowest BCUT2D eigenvalue weighted by molar-refractivity contribution is -0.137. The van der Waals surface area contributed by atoms with Gasteiger partial charge in [-0.1, -0.05) is 29.8 Å². The van der Waals surface area contributed by atoms with Gasteiger partial charge in [0, 0.05) is 11.1 Å². The minimum absolute atomic E-state index is 0.247. The molecule has 0 unspecified atom stereocenters. The van der Waals surface area contributed by atoms with Gasteiger partial charge in [-0.2, -0.15) is 13.2 Å². The summed E-state index contributed by atoms with van der Waals surface area (Å²) in [4.78, 5) is 11.6. The molecule has 0 aromatic heterocycles. The minimum Gasteiger partial charge on any atom is -0.438 e. The van der Waals surface area contributed by atoms with Gasteiger partial charge in [0.15, 0.2) is 0 Å². The van der Waals surface area contributed by atoms with Crippen LogP contribution in [0, 0.1) is 0 Å². The molecule has 2 aromatic carbocycles. The Bertz CT molecular complexity index is 831. The van der Waals surface area contributed by atoms with Crippen molar-refractivity contribution >= 4 is 23.4 Å². The number of fused-ring (bicyclic) bond motifs is 1. The first-order valence-electron chi connectivity index (χ1n) is 7.10. The van der Waals surface area contributed by atoms with Gasteiger partial charge in [-0.25, -0.2) is 4.79 Å². The third kappa shape index (κ3) is 2.82. The second kappa shape index (κ2) is 5.41. The van der Waals surface area contributed by atoms with Crippen molar-refractivity contribution in [3.8, 4) is 11.1 Å². The lowest BCUT2D eigenvalue weighted by atomic mass is 9.90. The highest BCUT2D eigenvalue weighted by Crippen LogP contribution is 2.45. The Kier molecular flexibility index (Phi) is 3.75. The summed E-state index contributed by atoms with van der Waals surface area (Å²) in [7, 11) is 0. The molecule has 0 fully saturated rings. The molecule has 1 aliphatic rings. The fraction of sp³-hybridized carbons (Fsp3) is 0.235. The largest absolute Gasteiger partial charge is 0.438 e. The molecular weight excluding hydrogens is 343 g/mol. The number of ether oxygens (including phenoxy) is 1. The summed E-state index contributed by atoms with van der Waals surface area (Å²) in [5.74, 6) is 0. The van der Waals surface area contributed by atoms with Gasteiger partial charge in [-0.05, 0) is 37.6 Å². The summed E-state index contributed by atoms with van der Waals surface area (Å²) in [6, 6.07) is 8.12. The van der Waals surface area contributed by atoms with Crippen molar-refractivity contribution in [1.29, 1.82) is 0 Å². The van der Waals surface area contributed by atoms with E-state index in [4.69, 9.17) is 16.3 Å². The average Bonchev–Trinajstić information content (AvgIpc) is 2.45. The number of benzene rings is 2. The Balaban J connectivity index is 2.17. The number of rotatable bonds is 1. The highest BCUT2D eigenvalue weighted by Gasteiger charge is 2.36. The van der Waals surface area contributed by atoms with E-state index in [0.717, 1.165) is 12.1 Å². The number of amides is 1. The Labute approximate surface area is 141 Å². The normalized spacial score (nSPS) is 16.2. The van der Waals surface area contributed by atoms with E-state index in [2.05, 4.69) is 5.32 Å². The maximum atomic E-state index is 12.9. The number of nitrogens with one attached hydrogen (secondary N) is 1. The van der Waals surface area contributed by atoms with E-state index >= 15 is 0 Å². The molecule has 0 radical (unpaired) electrons. The van der Waals surface area contributed by atoms with E-state index in [0.29, 0.717) is 22.4 Å². The third-order valence-corrected chi connectivity index (χ3v) is 4.22. The van der Waals surface area contributed by atoms with Crippen LogP contribution in [0.25, 0.3) is 11.1 Å². The van der Waals surface area contributed by atoms with Crippen LogP contribution >= 0.6 is 11.6 Å². The molecule has 1 aliphatic heterocycles. The molecule has 7 heteroatoms. The van der Waals surface area contributed by atoms with Crippen LogP contribution in [0.1, 0.15) is 25.0 Å². The molecule has 1 heterocycles. The first-order chi connectivity index (χ1) is 11.1. The molecule has 0 aliphatic carbocycles. The highest BCUT2D eigenvalue weighted by molar-refractivity contribution is 6.35. The first-order valence-corrected chi connectivity index (χ1v) is 7.48. The number of hydrogen-bond donors (Lipinski definition) is 1. The number of cyclic esters (lactones) is 1. The van der Waals surface area contributed by atoms with Crippen molar-refractivity contribution in [2.45, 2.75) is 25.6 Å². The molecule has 2 aromatic rings. The number of hydrogen-bond acceptors (Lipinski definition) is 2. The summed E-state index contributed by atoms with van der Waals surface area (Å²) in [5, 5.41) is 2.79. The van der Waals surface area contributed by atoms with E-state index in [1.54, 1.807) is 32.0 Å². The topological polar surface area (TPSA) is 38.3 Å². The summed E-state index contributed by atoms with van der Waals surface area (Å²) >= 11 is 6.45. The molecule has 0 saturated heterocycles. The Morgan fingerprint density at radius 2 is 1.88 bits per heavy atom. The maximum absolute atomic E-state index is 12.9. The van der Waals surface area contributed by atoms with Crippen molar-refractivity contribution in [3.63, 3.8) is 0 Å². The van der Waals surface area contributed by atoms with E-state index in [-0.39, 0.29) is 5.02 Å². The predicted octanol–water partition coefficient (Wildman–Crippen LogP) is 5.82. The minimum atomic E-state index is -4.44. The van der Waals surface area contributed by atoms with Crippen LogP contribution < -0.4 is 5.32 Å². The van der Waals surface area contributed by atoms with Gasteiger partial charge in [0.05, 0.1) is 16.3 Å². The molecule has 0 bridgehead atoms. The van der Waals surface area contributed by atoms with E-state index < -0.39 is 23.4 Å². The standard InChI is InChI=1S/C17H13ClF3NO2/c1-16(2)13-12(22-15(23)24-16)7-6-11(14(13)18)9-4-3-5-10(8-9)17(19,20)21/h3-8H,1-2H3,(H,22,23). The van der Waals surface area contributed by atoms with Gasteiger partial charge in [0.1, 0.15) is 5.60 Å². The third-order valence-electron chi connectivity index (χ3n) is 3.83. The van der Waals surface area contributed by atoms with Gasteiger partial charge < -0.3 is 4.74 Å². The lowest BCUT2D eigenvalue weighted by Crippen LogP contribution is -2.35. The lowest BCUT2D eigenvalue weighted by Gasteiger charge is -2.33. The fourth-order valence-electron chi connectivity index (χ4n) is 2.77. The van der Waals surface area contributed by atoms with Crippen LogP contribution in [-0.4, -0.2) is 6.09 Å². The summed E-state index contributed by atoms with van der Waals surface area (Å²) in [6.45, 7) is 3.35. The number of alkyl halides is 3. The molecule has 1 amide bonds. The van der Waals surface area contributed by atoms with Crippen LogP contribution in [-0.2, 0) is 16.5 Å². The molecule has 126 valence electrons. The second-order valence-corrected chi connectivity index (χ2v) is 6.33. The van der Waals surface area contributed by atoms with E-state index in [9.17, 15) is 18.0 Å². The van der Waals surface area contributed by atoms with Crippen LogP contribution in [0.15, 0.2) is 36.4 Å². The Morgan fingerprint density at radius 1 is 1.17 bits per heavy atom. The zero-order valence-corrected chi connectivity index (χ0v) is 13.5. The van der Waals surface area contributed by atoms with E-state index in [1.807, 2.05) is 0 Å². The fourth-order valence-corrected chi connectivity index (χ4v) is 3.27. The molecule has 0 atom stereocenters. The summed E-state index contributed by atoms with van der Waals surface area (Å²) in [5.41, 5.74) is 0.0415. The molecule has 0 spiro atoms. The predicted molar refractivity (Wildman–Crippen MR) is 85.0 cm³/mol. The Morgan fingerprint density at radius 3 is 2.54 bits per heavy atom. The molecule has 24 heavy (non-hydrogen) atoms. The SMILES string of the molecule is CC1(C)OC(=O)Nc2ccc(-c3cccc(C(F)(F)F)c3)c(Cl)c21. The van der Waals surface area contributed by atoms with E-state index in [1.165, 1.54) is 6.07 Å². The van der Waals surface area contributed by atoms with Crippen LogP contribution in [0.5, 0.6) is 0 Å². The quantitative estimate of drug-likeness (QED) is 0.699. The van der Waals surface area contributed by atoms with Gasteiger partial charge in [0.2, 0.25) is 0 Å². The first kappa shape index (κ1) is 16.6. The van der Waals surface area contributed by atoms with Gasteiger partial charge in [-0.15, -0.1) is 0 Å². The smallest absolute Gasteiger partial charge is 0.416 e. The number of carbonyl (C=O) groups is 1. The maximum Gasteiger partial charge on any atom is 0.416 e. The van der Waals surface area contributed by atoms with Crippen LogP contribution in [0.2, 0.25) is 5.02 Å². The van der Waals surface area contributed by atoms with Crippen molar-refractivity contribution in [3.05, 3.63) is 52.5 Å². The van der Waals surface area contributed by atoms with Crippen molar-refractivity contribution in [2.75, 3.05) is 5.32 Å². The van der Waals surface area contributed by atoms with Crippen LogP contribution in [0.4, 0.5) is 23.7 Å². The van der Waals surface area contributed by atoms with Gasteiger partial charge in [0.25, 0.3) is 0 Å². The summed E-state index contributed by atoms with van der Waals surface area (Å²) in [6.07, 6.45) is -5.04. The number of anilines is 1. The number of halogens is 4. The van der Waals surface area contributed by atoms with Crippen molar-refractivity contribution < 1.29 is 22.7 Å². The average molecular weight is 356 g/mol.